The van der Waals surface area contributed by atoms with Crippen molar-refractivity contribution in [2.24, 2.45) is 9.98 Å². The molecule has 41 heavy (non-hydrogen) atoms. The fourth-order valence-corrected chi connectivity index (χ4v) is 4.35. The van der Waals surface area contributed by atoms with Crippen molar-refractivity contribution < 1.29 is 44.2 Å². The molecule has 0 aliphatic carbocycles. The second kappa shape index (κ2) is 16.1. The minimum atomic E-state index is -4.75. The molecule has 0 spiro atoms. The lowest BCUT2D eigenvalue weighted by Crippen LogP contribution is -2.24. The van der Waals surface area contributed by atoms with Crippen LogP contribution < -0.4 is 9.47 Å². The van der Waals surface area contributed by atoms with Crippen LogP contribution in [0, 0.1) is 0 Å². The average Bonchev–Trinajstić information content (AvgIpc) is 2.89. The first-order chi connectivity index (χ1) is 19.3. The molecular weight excluding hydrogens is 594 g/mol. The fraction of sp³-hybridized carbons (Fsp3) is 0.333. The van der Waals surface area contributed by atoms with Gasteiger partial charge in [-0.05, 0) is 72.1 Å². The average molecular weight is 623 g/mol. The van der Waals surface area contributed by atoms with Crippen molar-refractivity contribution in [3.8, 4) is 11.5 Å². The number of ether oxygens (including phenoxy) is 2. The third-order valence-electron chi connectivity index (χ3n) is 4.85. The molecular formula is C27H28F6N2O4S2. The minimum Gasteiger partial charge on any atom is -0.493 e. The Morgan fingerprint density at radius 3 is 1.32 bits per heavy atom. The largest absolute Gasteiger partial charge is 0.493 e. The van der Waals surface area contributed by atoms with Gasteiger partial charge < -0.3 is 9.47 Å². The van der Waals surface area contributed by atoms with Gasteiger partial charge in [0, 0.05) is 37.5 Å². The van der Waals surface area contributed by atoms with E-state index in [4.69, 9.17) is 9.47 Å². The summed E-state index contributed by atoms with van der Waals surface area (Å²) in [5.74, 6) is 0.611. The van der Waals surface area contributed by atoms with Crippen molar-refractivity contribution in [2.75, 3.05) is 13.2 Å². The van der Waals surface area contributed by atoms with Crippen LogP contribution in [0.5, 0.6) is 11.5 Å². The Morgan fingerprint density at radius 1 is 0.683 bits per heavy atom. The molecule has 0 saturated carbocycles. The van der Waals surface area contributed by atoms with Crippen LogP contribution >= 0.6 is 0 Å². The molecule has 0 atom stereocenters. The Bertz CT molecular complexity index is 1390. The summed E-state index contributed by atoms with van der Waals surface area (Å²) in [5, 5.41) is 2.65. The second-order valence-electron chi connectivity index (χ2n) is 8.07. The van der Waals surface area contributed by atoms with Crippen LogP contribution in [-0.4, -0.2) is 67.1 Å². The Labute approximate surface area is 237 Å². The fourth-order valence-electron chi connectivity index (χ4n) is 3.10. The predicted molar refractivity (Wildman–Crippen MR) is 155 cm³/mol. The summed E-state index contributed by atoms with van der Waals surface area (Å²) in [6, 6.07) is 10.1. The molecule has 2 rings (SSSR count). The third-order valence-corrected chi connectivity index (χ3v) is 6.80. The van der Waals surface area contributed by atoms with Crippen molar-refractivity contribution in [1.82, 2.24) is 0 Å². The highest BCUT2D eigenvalue weighted by molar-refractivity contribution is 7.82. The van der Waals surface area contributed by atoms with E-state index in [2.05, 4.69) is 9.98 Å². The van der Waals surface area contributed by atoms with Gasteiger partial charge in [0.2, 0.25) is 0 Å². The molecule has 0 unspecified atom stereocenters. The lowest BCUT2D eigenvalue weighted by molar-refractivity contribution is -0.0587. The Kier molecular flexibility index (Phi) is 13.2. The lowest BCUT2D eigenvalue weighted by Gasteiger charge is -2.12. The van der Waals surface area contributed by atoms with Crippen LogP contribution in [0.3, 0.4) is 0 Å². The van der Waals surface area contributed by atoms with Gasteiger partial charge in [-0.2, -0.15) is 26.3 Å². The van der Waals surface area contributed by atoms with Crippen LogP contribution in [-0.2, 0) is 20.0 Å². The summed E-state index contributed by atoms with van der Waals surface area (Å²) in [5.41, 5.74) is -1.32. The Morgan fingerprint density at radius 2 is 1.02 bits per heavy atom. The van der Waals surface area contributed by atoms with Gasteiger partial charge in [0.1, 0.15) is 22.5 Å². The van der Waals surface area contributed by atoms with Gasteiger partial charge in [0.05, 0.1) is 13.2 Å². The zero-order chi connectivity index (χ0) is 30.5. The Balaban J connectivity index is 1.95. The molecule has 0 aliphatic rings. The quantitative estimate of drug-likeness (QED) is 0.132. The number of rotatable bonds is 12. The number of benzene rings is 2. The highest BCUT2D eigenvalue weighted by atomic mass is 32.1. The topological polar surface area (TPSA) is 77.3 Å². The normalized spacial score (nSPS) is 12.4. The molecule has 0 N–H and O–H groups in total. The smallest absolute Gasteiger partial charge is 0.433 e. The molecule has 0 radical (unpaired) electrons. The van der Waals surface area contributed by atoms with Gasteiger partial charge in [0.25, 0.3) is 0 Å². The summed E-state index contributed by atoms with van der Waals surface area (Å²) in [6.07, 6.45) is -8.29. The number of nitrogens with zero attached hydrogens (tertiary/aromatic N) is 2. The van der Waals surface area contributed by atoms with E-state index in [1.54, 1.807) is 13.8 Å². The molecule has 2 aromatic carbocycles. The number of halogens is 6. The molecule has 0 aliphatic heterocycles. The molecule has 0 saturated heterocycles. The van der Waals surface area contributed by atoms with E-state index in [9.17, 15) is 34.8 Å². The van der Waals surface area contributed by atoms with E-state index in [0.29, 0.717) is 30.8 Å². The molecule has 224 valence electrons. The number of aliphatic imine (C=N–C) groups is 2. The minimum absolute atomic E-state index is 0.157. The molecule has 14 heteroatoms. The van der Waals surface area contributed by atoms with Crippen LogP contribution in [0.2, 0.25) is 0 Å². The standard InChI is InChI=1S/C27H28F6N2O4S2/c1-3-16-40(36)18-34-24(26(28,29)30)20-6-10-22(11-7-20)38-14-5-15-39-23-12-8-21(9-13-23)25(27(31,32)33)35-19-41(37)17-4-2/h6-13,16-19H,3-5,14-15H2,1-2H3. The summed E-state index contributed by atoms with van der Waals surface area (Å²) >= 11 is 0. The van der Waals surface area contributed by atoms with Gasteiger partial charge in [0.15, 0.2) is 11.4 Å². The third kappa shape index (κ3) is 11.9. The maximum absolute atomic E-state index is 13.4. The SMILES string of the molecule is CCC=S(=O)=CN=C(c1ccc(OCCCOc2ccc(C(=NC=S(=O)=CCC)C(F)(F)F)cc2)cc1)C(F)(F)F. The molecule has 0 bridgehead atoms. The van der Waals surface area contributed by atoms with E-state index in [0.717, 1.165) is 11.0 Å². The number of alkyl halides is 6. The predicted octanol–water partition coefficient (Wildman–Crippen LogP) is 5.68. The van der Waals surface area contributed by atoms with E-state index < -0.39 is 43.7 Å². The number of hydrogen-bond acceptors (Lipinski definition) is 4. The zero-order valence-electron chi connectivity index (χ0n) is 22.1. The van der Waals surface area contributed by atoms with Gasteiger partial charge in [-0.1, -0.05) is 13.8 Å². The van der Waals surface area contributed by atoms with Crippen molar-refractivity contribution in [2.45, 2.75) is 45.5 Å². The molecule has 2 aromatic rings. The molecule has 0 heterocycles. The van der Waals surface area contributed by atoms with E-state index >= 15 is 0 Å². The first kappa shape index (κ1) is 33.7. The Hall–Kier alpha value is -3.52. The van der Waals surface area contributed by atoms with Crippen LogP contribution in [0.25, 0.3) is 0 Å². The lowest BCUT2D eigenvalue weighted by atomic mass is 10.1. The highest BCUT2D eigenvalue weighted by Gasteiger charge is 2.37. The second-order valence-corrected chi connectivity index (χ2v) is 10.5. The van der Waals surface area contributed by atoms with Crippen molar-refractivity contribution in [1.29, 1.82) is 0 Å². The maximum atomic E-state index is 13.4. The first-order valence-corrected chi connectivity index (χ1v) is 14.8. The van der Waals surface area contributed by atoms with E-state index in [-0.39, 0.29) is 24.3 Å². The molecule has 6 nitrogen and oxygen atoms in total. The molecule has 0 amide bonds. The van der Waals surface area contributed by atoms with Crippen LogP contribution in [0.4, 0.5) is 26.3 Å². The van der Waals surface area contributed by atoms with Gasteiger partial charge >= 0.3 is 12.4 Å². The van der Waals surface area contributed by atoms with Crippen LogP contribution in [0.15, 0.2) is 58.5 Å². The summed E-state index contributed by atoms with van der Waals surface area (Å²) in [4.78, 5) is 6.76. The summed E-state index contributed by atoms with van der Waals surface area (Å²) in [6.45, 7) is 3.72. The van der Waals surface area contributed by atoms with Gasteiger partial charge in [-0.3, -0.25) is 0 Å². The van der Waals surface area contributed by atoms with Crippen molar-refractivity contribution >= 4 is 53.1 Å². The van der Waals surface area contributed by atoms with Gasteiger partial charge in [-0.15, -0.1) is 0 Å². The monoisotopic (exact) mass is 622 g/mol. The molecule has 0 fully saturated rings. The van der Waals surface area contributed by atoms with Crippen molar-refractivity contribution in [3.63, 3.8) is 0 Å². The van der Waals surface area contributed by atoms with E-state index in [1.807, 2.05) is 0 Å². The highest BCUT2D eigenvalue weighted by Crippen LogP contribution is 2.25. The molecule has 0 aromatic heterocycles. The maximum Gasteiger partial charge on any atom is 0.433 e. The summed E-state index contributed by atoms with van der Waals surface area (Å²) in [7, 11) is -3.44. The van der Waals surface area contributed by atoms with Gasteiger partial charge in [-0.25, -0.2) is 18.4 Å². The van der Waals surface area contributed by atoms with Crippen molar-refractivity contribution in [3.05, 3.63) is 59.7 Å². The summed E-state index contributed by atoms with van der Waals surface area (Å²) < 4.78 is 115. The first-order valence-electron chi connectivity index (χ1n) is 12.2. The van der Waals surface area contributed by atoms with E-state index in [1.165, 1.54) is 59.3 Å². The van der Waals surface area contributed by atoms with Crippen LogP contribution in [0.1, 0.15) is 44.2 Å². The number of hydrogen-bond donors (Lipinski definition) is 0. The zero-order valence-corrected chi connectivity index (χ0v) is 23.7.